The normalized spacial score (nSPS) is 13.5. The second-order valence-electron chi connectivity index (χ2n) is 15.3. The highest BCUT2D eigenvalue weighted by atomic mass is 15.1. The first kappa shape index (κ1) is 40.1. The van der Waals surface area contributed by atoms with Crippen molar-refractivity contribution in [2.75, 3.05) is 0 Å². The Morgan fingerprint density at radius 1 is 0.542 bits per heavy atom. The zero-order valence-electron chi connectivity index (χ0n) is 31.9. The molecule has 0 aliphatic rings. The highest BCUT2D eigenvalue weighted by molar-refractivity contribution is 5.30. The molecule has 0 spiro atoms. The molecule has 1 heterocycles. The van der Waals surface area contributed by atoms with E-state index >= 15 is 0 Å². The summed E-state index contributed by atoms with van der Waals surface area (Å²) in [6.07, 6.45) is 41.7. The third-order valence-electron chi connectivity index (χ3n) is 11.0. The molecule has 0 fully saturated rings. The number of aryl methyl sites for hydroxylation is 1. The number of rotatable bonds is 30. The maximum absolute atomic E-state index is 2.59. The molecule has 268 valence electrons. The molecule has 2 nitrogen and oxygen atoms in total. The maximum atomic E-state index is 2.59. The highest BCUT2D eigenvalue weighted by Gasteiger charge is 2.40. The van der Waals surface area contributed by atoms with Crippen molar-refractivity contribution in [2.24, 2.45) is 0 Å². The minimum atomic E-state index is 0.00818. The van der Waals surface area contributed by atoms with Gasteiger partial charge in [0.1, 0.15) is 18.4 Å². The monoisotopic (exact) mass is 656 g/mol. The first-order valence-electron chi connectivity index (χ1n) is 20.8. The van der Waals surface area contributed by atoms with E-state index in [2.05, 4.69) is 109 Å². The molecular formula is C46H75N2+. The molecular weight excluding hydrogens is 581 g/mol. The third-order valence-corrected chi connectivity index (χ3v) is 11.0. The molecule has 0 amide bonds. The van der Waals surface area contributed by atoms with Crippen LogP contribution in [0.5, 0.6) is 0 Å². The van der Waals surface area contributed by atoms with Crippen molar-refractivity contribution in [3.8, 4) is 0 Å². The summed E-state index contributed by atoms with van der Waals surface area (Å²) >= 11 is 0. The fraction of sp³-hybridized carbons (Fsp3) is 0.674. The molecule has 0 bridgehead atoms. The average molecular weight is 656 g/mol. The summed E-state index contributed by atoms with van der Waals surface area (Å²) in [6, 6.07) is 23.0. The molecule has 0 saturated heterocycles. The Balaban J connectivity index is 1.51. The van der Waals surface area contributed by atoms with E-state index in [9.17, 15) is 0 Å². The van der Waals surface area contributed by atoms with Crippen LogP contribution in [0.4, 0.5) is 0 Å². The van der Waals surface area contributed by atoms with Gasteiger partial charge in [-0.1, -0.05) is 210 Å². The molecule has 2 atom stereocenters. The van der Waals surface area contributed by atoms with Crippen LogP contribution in [-0.4, -0.2) is 4.57 Å². The molecule has 0 saturated carbocycles. The zero-order valence-corrected chi connectivity index (χ0v) is 31.9. The summed E-state index contributed by atoms with van der Waals surface area (Å²) in [5, 5.41) is 0. The third kappa shape index (κ3) is 15.9. The van der Waals surface area contributed by atoms with E-state index in [1.807, 2.05) is 0 Å². The van der Waals surface area contributed by atoms with Crippen LogP contribution in [0.15, 0.2) is 79.4 Å². The molecule has 0 N–H and O–H groups in total. The first-order valence-corrected chi connectivity index (χ1v) is 20.8. The van der Waals surface area contributed by atoms with Crippen LogP contribution in [0.25, 0.3) is 0 Å². The lowest BCUT2D eigenvalue weighted by Gasteiger charge is -2.37. The molecule has 48 heavy (non-hydrogen) atoms. The van der Waals surface area contributed by atoms with E-state index in [0.717, 1.165) is 13.0 Å². The van der Waals surface area contributed by atoms with Crippen LogP contribution in [0.2, 0.25) is 0 Å². The van der Waals surface area contributed by atoms with Crippen LogP contribution in [0.3, 0.4) is 0 Å². The van der Waals surface area contributed by atoms with E-state index < -0.39 is 0 Å². The van der Waals surface area contributed by atoms with E-state index in [1.165, 1.54) is 165 Å². The standard InChI is InChI=1S/C46H75N2/c1-4-6-8-10-12-13-14-15-16-17-18-19-20-21-23-31-37-45(48-40-39-47(42-48)38-32-24-22-11-9-7-5-2)46(3,44-35-29-26-30-36-44)41-43-33-27-25-28-34-43/h25-30,33-36,39-40,42,45H,4-24,31-32,37-38,41H2,1-3H3/q+1. The lowest BCUT2D eigenvalue weighted by Crippen LogP contribution is -2.38. The number of imidazole rings is 1. The molecule has 0 aliphatic heterocycles. The first-order chi connectivity index (χ1) is 23.7. The van der Waals surface area contributed by atoms with Gasteiger partial charge in [0, 0.05) is 5.41 Å². The van der Waals surface area contributed by atoms with Gasteiger partial charge in [-0.3, -0.25) is 0 Å². The summed E-state index contributed by atoms with van der Waals surface area (Å²) in [7, 11) is 0. The second-order valence-corrected chi connectivity index (χ2v) is 15.3. The Labute approximate surface area is 298 Å². The Kier molecular flexibility index (Phi) is 21.4. The maximum Gasteiger partial charge on any atom is 0.244 e. The van der Waals surface area contributed by atoms with E-state index in [1.54, 1.807) is 0 Å². The van der Waals surface area contributed by atoms with E-state index in [4.69, 9.17) is 0 Å². The van der Waals surface area contributed by atoms with Gasteiger partial charge in [0.15, 0.2) is 0 Å². The summed E-state index contributed by atoms with van der Waals surface area (Å²) in [5.41, 5.74) is 2.90. The summed E-state index contributed by atoms with van der Waals surface area (Å²) < 4.78 is 5.04. The molecule has 0 radical (unpaired) electrons. The lowest BCUT2D eigenvalue weighted by atomic mass is 9.70. The predicted octanol–water partition coefficient (Wildman–Crippen LogP) is 13.9. The van der Waals surface area contributed by atoms with E-state index in [0.29, 0.717) is 6.04 Å². The van der Waals surface area contributed by atoms with Crippen molar-refractivity contribution in [2.45, 2.75) is 199 Å². The summed E-state index contributed by atoms with van der Waals surface area (Å²) in [4.78, 5) is 0. The number of hydrogen-bond donors (Lipinski definition) is 0. The van der Waals surface area contributed by atoms with E-state index in [-0.39, 0.29) is 5.41 Å². The van der Waals surface area contributed by atoms with Crippen LogP contribution in [-0.2, 0) is 18.4 Å². The largest absolute Gasteiger partial charge is 0.244 e. The van der Waals surface area contributed by atoms with Crippen LogP contribution >= 0.6 is 0 Å². The number of hydrogen-bond acceptors (Lipinski definition) is 0. The summed E-state index contributed by atoms with van der Waals surface area (Å²) in [6.45, 7) is 8.28. The number of aromatic nitrogens is 2. The molecule has 3 rings (SSSR count). The van der Waals surface area contributed by atoms with Gasteiger partial charge in [-0.15, -0.1) is 0 Å². The molecule has 0 aliphatic carbocycles. The van der Waals surface area contributed by atoms with Crippen molar-refractivity contribution >= 4 is 0 Å². The van der Waals surface area contributed by atoms with Crippen molar-refractivity contribution in [3.05, 3.63) is 90.5 Å². The molecule has 2 unspecified atom stereocenters. The Morgan fingerprint density at radius 3 is 1.48 bits per heavy atom. The lowest BCUT2D eigenvalue weighted by molar-refractivity contribution is -0.697. The van der Waals surface area contributed by atoms with Crippen molar-refractivity contribution in [1.82, 2.24) is 4.57 Å². The van der Waals surface area contributed by atoms with Gasteiger partial charge < -0.3 is 0 Å². The van der Waals surface area contributed by atoms with Crippen LogP contribution in [0, 0.1) is 0 Å². The zero-order chi connectivity index (χ0) is 34.0. The van der Waals surface area contributed by atoms with Gasteiger partial charge in [-0.2, -0.15) is 0 Å². The Hall–Kier alpha value is -2.35. The van der Waals surface area contributed by atoms with Gasteiger partial charge >= 0.3 is 0 Å². The summed E-state index contributed by atoms with van der Waals surface area (Å²) in [5.74, 6) is 0. The fourth-order valence-electron chi connectivity index (χ4n) is 7.91. The van der Waals surface area contributed by atoms with Crippen molar-refractivity contribution in [3.63, 3.8) is 0 Å². The minimum absolute atomic E-state index is 0.00818. The van der Waals surface area contributed by atoms with Crippen LogP contribution < -0.4 is 4.57 Å². The van der Waals surface area contributed by atoms with Gasteiger partial charge in [0.2, 0.25) is 6.33 Å². The molecule has 3 aromatic rings. The quantitative estimate of drug-likeness (QED) is 0.0499. The number of unbranched alkanes of at least 4 members (excludes halogenated alkanes) is 21. The molecule has 2 aromatic carbocycles. The highest BCUT2D eigenvalue weighted by Crippen LogP contribution is 2.41. The Morgan fingerprint density at radius 2 is 0.979 bits per heavy atom. The number of benzene rings is 2. The smallest absolute Gasteiger partial charge is 0.237 e. The minimum Gasteiger partial charge on any atom is -0.237 e. The van der Waals surface area contributed by atoms with Gasteiger partial charge in [0.05, 0.1) is 6.54 Å². The van der Waals surface area contributed by atoms with Gasteiger partial charge in [0.25, 0.3) is 0 Å². The molecule has 1 aromatic heterocycles. The topological polar surface area (TPSA) is 8.81 Å². The SMILES string of the molecule is CCCCCCCCCCCCCCCCCCC(n1cc[n+](CCCCCCCCC)c1)C(C)(Cc1ccccc1)c1ccccc1. The average Bonchev–Trinajstić information content (AvgIpc) is 3.58. The number of nitrogens with zero attached hydrogens (tertiary/aromatic N) is 2. The van der Waals surface area contributed by atoms with Gasteiger partial charge in [-0.05, 0) is 43.2 Å². The second kappa shape index (κ2) is 25.6. The van der Waals surface area contributed by atoms with Crippen molar-refractivity contribution in [1.29, 1.82) is 0 Å². The Bertz CT molecular complexity index is 1140. The van der Waals surface area contributed by atoms with Crippen molar-refractivity contribution < 1.29 is 4.57 Å². The predicted molar refractivity (Wildman–Crippen MR) is 210 cm³/mol. The van der Waals surface area contributed by atoms with Gasteiger partial charge in [-0.25, -0.2) is 9.13 Å². The fourth-order valence-corrected chi connectivity index (χ4v) is 7.91. The van der Waals surface area contributed by atoms with Crippen LogP contribution in [0.1, 0.15) is 192 Å². The molecule has 2 heteroatoms.